The highest BCUT2D eigenvalue weighted by Crippen LogP contribution is 2.29. The van der Waals surface area contributed by atoms with E-state index in [-0.39, 0.29) is 62.1 Å². The summed E-state index contributed by atoms with van der Waals surface area (Å²) in [5.74, 6) is -1.05. The first-order valence-electron chi connectivity index (χ1n) is 12.2. The van der Waals surface area contributed by atoms with Gasteiger partial charge in [-0.25, -0.2) is 4.98 Å². The predicted molar refractivity (Wildman–Crippen MR) is 147 cm³/mol. The number of nitrogens with one attached hydrogen (secondary N) is 2. The number of aliphatic hydroxyl groups is 1. The largest absolute Gasteiger partial charge is 0.391 e. The van der Waals surface area contributed by atoms with Crippen molar-refractivity contribution >= 4 is 41.5 Å². The maximum Gasteiger partial charge on any atom is 0.246 e. The number of halogens is 1. The van der Waals surface area contributed by atoms with Crippen molar-refractivity contribution in [3.63, 3.8) is 0 Å². The van der Waals surface area contributed by atoms with Crippen LogP contribution in [0.1, 0.15) is 57.8 Å². The predicted octanol–water partition coefficient (Wildman–Crippen LogP) is 2.56. The number of carbonyl (C=O) groups is 3. The molecule has 37 heavy (non-hydrogen) atoms. The first-order valence-corrected chi connectivity index (χ1v) is 13.1. The highest BCUT2D eigenvalue weighted by molar-refractivity contribution is 7.13. The fraction of sp³-hybridized carbons (Fsp3) is 0.538. The molecule has 0 aliphatic carbocycles. The molecule has 0 radical (unpaired) electrons. The quantitative estimate of drug-likeness (QED) is 0.398. The van der Waals surface area contributed by atoms with Gasteiger partial charge in [-0.1, -0.05) is 45.0 Å². The number of rotatable bonds is 8. The van der Waals surface area contributed by atoms with Gasteiger partial charge >= 0.3 is 0 Å². The van der Waals surface area contributed by atoms with Crippen LogP contribution in [-0.4, -0.2) is 64.0 Å². The van der Waals surface area contributed by atoms with Gasteiger partial charge in [-0.15, -0.1) is 23.7 Å². The number of carbonyl (C=O) groups excluding carboxylic acids is 3. The normalized spacial score (nSPS) is 19.1. The summed E-state index contributed by atoms with van der Waals surface area (Å²) in [7, 11) is 0. The van der Waals surface area contributed by atoms with Gasteiger partial charge in [-0.05, 0) is 30.4 Å². The number of nitrogens with zero attached hydrogens (tertiary/aromatic N) is 2. The molecule has 0 bridgehead atoms. The van der Waals surface area contributed by atoms with Gasteiger partial charge in [0.15, 0.2) is 0 Å². The Kier molecular flexibility index (Phi) is 10.6. The lowest BCUT2D eigenvalue weighted by Gasteiger charge is -2.35. The van der Waals surface area contributed by atoms with Crippen molar-refractivity contribution < 1.29 is 19.5 Å². The van der Waals surface area contributed by atoms with Crippen molar-refractivity contribution in [3.05, 3.63) is 41.0 Å². The minimum absolute atomic E-state index is 0. The Morgan fingerprint density at radius 1 is 1.22 bits per heavy atom. The zero-order valence-electron chi connectivity index (χ0n) is 22.0. The number of aryl methyl sites for hydroxylation is 1. The average Bonchev–Trinajstić information content (AvgIpc) is 3.42. The summed E-state index contributed by atoms with van der Waals surface area (Å²) in [5.41, 5.74) is 9.67. The Morgan fingerprint density at radius 3 is 2.41 bits per heavy atom. The maximum atomic E-state index is 13.5. The van der Waals surface area contributed by atoms with Gasteiger partial charge in [0.1, 0.15) is 12.1 Å². The van der Waals surface area contributed by atoms with E-state index in [9.17, 15) is 19.5 Å². The van der Waals surface area contributed by atoms with Gasteiger partial charge in [0.25, 0.3) is 0 Å². The standard InChI is InChI=1S/C26H37N5O4S.ClH/c1-15(17-6-8-18(9-7-17)22-16(2)28-14-36-22)29-24(34)20-12-19(32)13-31(20)25(35)23(26(3,4)5)30-21(33)10-11-27;/h6-9,14-15,19-20,23,32H,10-13,27H2,1-5H3,(H,29,34)(H,30,33);1H/t15-,19+,20-,23+;/m0./s1. The molecule has 4 atom stereocenters. The second-order valence-electron chi connectivity index (χ2n) is 10.4. The minimum atomic E-state index is -0.850. The molecule has 0 saturated carbocycles. The van der Waals surface area contributed by atoms with Crippen molar-refractivity contribution in [2.75, 3.05) is 13.1 Å². The molecule has 11 heteroatoms. The molecule has 3 amide bonds. The molecule has 5 N–H and O–H groups in total. The highest BCUT2D eigenvalue weighted by Gasteiger charge is 2.44. The van der Waals surface area contributed by atoms with Crippen LogP contribution in [0.3, 0.4) is 0 Å². The molecule has 204 valence electrons. The van der Waals surface area contributed by atoms with Gasteiger partial charge in [0, 0.05) is 25.9 Å². The van der Waals surface area contributed by atoms with E-state index >= 15 is 0 Å². The van der Waals surface area contributed by atoms with Crippen molar-refractivity contribution in [2.24, 2.45) is 11.1 Å². The van der Waals surface area contributed by atoms with Gasteiger partial charge in [-0.3, -0.25) is 14.4 Å². The summed E-state index contributed by atoms with van der Waals surface area (Å²) >= 11 is 1.58. The topological polar surface area (TPSA) is 138 Å². The van der Waals surface area contributed by atoms with E-state index in [0.717, 1.165) is 21.7 Å². The van der Waals surface area contributed by atoms with Crippen molar-refractivity contribution in [1.29, 1.82) is 0 Å². The van der Waals surface area contributed by atoms with E-state index in [0.29, 0.717) is 0 Å². The first-order chi connectivity index (χ1) is 16.9. The monoisotopic (exact) mass is 551 g/mol. The second-order valence-corrected chi connectivity index (χ2v) is 11.3. The van der Waals surface area contributed by atoms with Crippen LogP contribution >= 0.6 is 23.7 Å². The SMILES string of the molecule is Cc1ncsc1-c1ccc([C@H](C)NC(=O)[C@@H]2C[C@@H](O)CN2C(=O)[C@@H](NC(=O)CCN)C(C)(C)C)cc1.Cl. The molecule has 1 saturated heterocycles. The Bertz CT molecular complexity index is 1090. The molecule has 9 nitrogen and oxygen atoms in total. The second kappa shape index (κ2) is 12.8. The number of nitrogens with two attached hydrogens (primary N) is 1. The number of aliphatic hydroxyl groups excluding tert-OH is 1. The molecule has 3 rings (SSSR count). The number of thiazole rings is 1. The first kappa shape index (κ1) is 30.7. The van der Waals surface area contributed by atoms with Crippen molar-refractivity contribution in [1.82, 2.24) is 20.5 Å². The van der Waals surface area contributed by atoms with Gasteiger partial charge < -0.3 is 26.4 Å². The summed E-state index contributed by atoms with van der Waals surface area (Å²) in [4.78, 5) is 45.8. The molecule has 1 fully saturated rings. The van der Waals surface area contributed by atoms with E-state index in [4.69, 9.17) is 5.73 Å². The third-order valence-corrected chi connectivity index (χ3v) is 7.41. The Labute approximate surface area is 228 Å². The van der Waals surface area contributed by atoms with Crippen LogP contribution in [0.15, 0.2) is 29.8 Å². The van der Waals surface area contributed by atoms with Crippen molar-refractivity contribution in [3.8, 4) is 10.4 Å². The third-order valence-electron chi connectivity index (χ3n) is 6.43. The number of amides is 3. The maximum absolute atomic E-state index is 13.5. The molecule has 2 aromatic rings. The lowest BCUT2D eigenvalue weighted by atomic mass is 9.85. The van der Waals surface area contributed by atoms with E-state index in [2.05, 4.69) is 15.6 Å². The molecular weight excluding hydrogens is 514 g/mol. The van der Waals surface area contributed by atoms with Gasteiger partial charge in [0.2, 0.25) is 17.7 Å². The average molecular weight is 552 g/mol. The molecule has 1 aromatic heterocycles. The summed E-state index contributed by atoms with van der Waals surface area (Å²) in [5, 5.41) is 16.1. The van der Waals surface area contributed by atoms with Gasteiger partial charge in [0.05, 0.1) is 28.2 Å². The van der Waals surface area contributed by atoms with Crippen LogP contribution < -0.4 is 16.4 Å². The van der Waals surface area contributed by atoms with E-state index in [1.54, 1.807) is 11.3 Å². The van der Waals surface area contributed by atoms with E-state index < -0.39 is 23.6 Å². The lowest BCUT2D eigenvalue weighted by Crippen LogP contribution is -2.58. The van der Waals surface area contributed by atoms with E-state index in [1.807, 2.05) is 64.4 Å². The Balaban J connectivity index is 0.00000481. The lowest BCUT2D eigenvalue weighted by molar-refractivity contribution is -0.144. The number of benzene rings is 1. The third kappa shape index (κ3) is 7.50. The van der Waals surface area contributed by atoms with Crippen LogP contribution in [0.2, 0.25) is 0 Å². The highest BCUT2D eigenvalue weighted by atomic mass is 35.5. The Hall–Kier alpha value is -2.53. The molecule has 0 unspecified atom stereocenters. The molecular formula is C26H38ClN5O4S. The zero-order valence-corrected chi connectivity index (χ0v) is 23.6. The minimum Gasteiger partial charge on any atom is -0.391 e. The summed E-state index contributed by atoms with van der Waals surface area (Å²) in [6, 6.07) is 5.97. The van der Waals surface area contributed by atoms with Crippen molar-refractivity contribution in [2.45, 2.75) is 71.7 Å². The van der Waals surface area contributed by atoms with Crippen LogP contribution in [0.4, 0.5) is 0 Å². The molecule has 0 spiro atoms. The summed E-state index contributed by atoms with van der Waals surface area (Å²) < 4.78 is 0. The summed E-state index contributed by atoms with van der Waals surface area (Å²) in [6.45, 7) is 9.60. The molecule has 1 aliphatic rings. The van der Waals surface area contributed by atoms with Crippen LogP contribution in [-0.2, 0) is 14.4 Å². The number of likely N-dealkylation sites (tertiary alicyclic amines) is 1. The van der Waals surface area contributed by atoms with Gasteiger partial charge in [-0.2, -0.15) is 0 Å². The number of β-amino-alcohol motifs (C(OH)–C–C–N with tert-alkyl or cyclic N) is 1. The zero-order chi connectivity index (χ0) is 26.6. The Morgan fingerprint density at radius 2 is 1.86 bits per heavy atom. The van der Waals surface area contributed by atoms with Crippen LogP contribution in [0.25, 0.3) is 10.4 Å². The summed E-state index contributed by atoms with van der Waals surface area (Å²) in [6.07, 6.45) is -0.574. The molecule has 2 heterocycles. The molecule has 1 aromatic carbocycles. The smallest absolute Gasteiger partial charge is 0.246 e. The van der Waals surface area contributed by atoms with Crippen LogP contribution in [0, 0.1) is 12.3 Å². The molecule has 1 aliphatic heterocycles. The number of hydrogen-bond donors (Lipinski definition) is 4. The van der Waals surface area contributed by atoms with E-state index in [1.165, 1.54) is 4.90 Å². The number of aromatic nitrogens is 1. The fourth-order valence-electron chi connectivity index (χ4n) is 4.38. The number of hydrogen-bond acceptors (Lipinski definition) is 7. The fourth-order valence-corrected chi connectivity index (χ4v) is 5.19. The van der Waals surface area contributed by atoms with Crippen LogP contribution in [0.5, 0.6) is 0 Å².